The van der Waals surface area contributed by atoms with Crippen molar-refractivity contribution < 1.29 is 44.1 Å². The molecule has 0 unspecified atom stereocenters. The van der Waals surface area contributed by atoms with Gasteiger partial charge in [-0.3, -0.25) is 4.55 Å². The van der Waals surface area contributed by atoms with Gasteiger partial charge in [-0.25, -0.2) is 9.59 Å². The fourth-order valence-corrected chi connectivity index (χ4v) is 3.13. The lowest BCUT2D eigenvalue weighted by molar-refractivity contribution is 0.0598. The molecule has 0 aromatic heterocycles. The Morgan fingerprint density at radius 2 is 1.32 bits per heavy atom. The van der Waals surface area contributed by atoms with Crippen LogP contribution in [-0.2, 0) is 33.6 Å². The lowest BCUT2D eigenvalue weighted by atomic mass is 10.1. The molecule has 122 valence electrons. The smallest absolute Gasteiger partial charge is 0.412 e. The van der Waals surface area contributed by atoms with Gasteiger partial charge in [0.1, 0.15) is 0 Å². The predicted octanol–water partition coefficient (Wildman–Crippen LogP) is -0.232. The molecule has 0 atom stereocenters. The van der Waals surface area contributed by atoms with Crippen molar-refractivity contribution >= 4 is 32.5 Å². The second-order valence-corrected chi connectivity index (χ2v) is 6.46. The van der Waals surface area contributed by atoms with Gasteiger partial charge in [0.2, 0.25) is 0 Å². The van der Waals surface area contributed by atoms with Crippen molar-refractivity contribution in [3.05, 3.63) is 29.3 Å². The van der Waals surface area contributed by atoms with Gasteiger partial charge in [0.15, 0.2) is 0 Å². The molecule has 10 nitrogen and oxygen atoms in total. The van der Waals surface area contributed by atoms with Crippen LogP contribution in [0.3, 0.4) is 0 Å². The van der Waals surface area contributed by atoms with E-state index in [-0.39, 0.29) is 11.1 Å². The fourth-order valence-electron chi connectivity index (χ4n) is 1.37. The van der Waals surface area contributed by atoms with Gasteiger partial charge in [0, 0.05) is 0 Å². The Labute approximate surface area is 125 Å². The summed E-state index contributed by atoms with van der Waals surface area (Å²) >= 11 is 0. The lowest BCUT2D eigenvalue weighted by Crippen LogP contribution is -2.15. The monoisotopic (exact) mass is 354 g/mol. The third-order valence-corrected chi connectivity index (χ3v) is 4.43. The largest absolute Gasteiger partial charge is 0.465 e. The van der Waals surface area contributed by atoms with Crippen LogP contribution in [0.2, 0.25) is 0 Å². The van der Waals surface area contributed by atoms with Gasteiger partial charge in [0.25, 0.3) is 0 Å². The maximum Gasteiger partial charge on any atom is 0.412 e. The number of carbonyl (C=O) groups excluding carboxylic acids is 2. The summed E-state index contributed by atoms with van der Waals surface area (Å²) in [5, 5.41) is 0. The standard InChI is InChI=1S/C10H10O10S2/c1-18-9(11)6-3-7(10(12)19-2)5-8(4-6)21(13,14)20-22(15,16)17/h3-5H,1-2H3,(H,15,16,17). The quantitative estimate of drug-likeness (QED) is 0.554. The first-order valence-electron chi connectivity index (χ1n) is 5.25. The Morgan fingerprint density at radius 3 is 1.64 bits per heavy atom. The van der Waals surface area contributed by atoms with Gasteiger partial charge in [-0.1, -0.05) is 0 Å². The molecule has 0 saturated heterocycles. The highest BCUT2D eigenvalue weighted by Crippen LogP contribution is 2.20. The molecule has 0 aliphatic heterocycles. The van der Waals surface area contributed by atoms with E-state index in [1.54, 1.807) is 0 Å². The molecule has 1 rings (SSSR count). The Hall–Kier alpha value is -2.02. The summed E-state index contributed by atoms with van der Waals surface area (Å²) < 4.78 is 65.3. The molecule has 12 heteroatoms. The number of hydrogen-bond donors (Lipinski definition) is 1. The van der Waals surface area contributed by atoms with Crippen molar-refractivity contribution in [3.63, 3.8) is 0 Å². The van der Waals surface area contributed by atoms with E-state index in [0.29, 0.717) is 12.1 Å². The second kappa shape index (κ2) is 6.39. The van der Waals surface area contributed by atoms with E-state index in [2.05, 4.69) is 13.1 Å². The Balaban J connectivity index is 3.53. The van der Waals surface area contributed by atoms with Gasteiger partial charge < -0.3 is 9.47 Å². The van der Waals surface area contributed by atoms with Crippen molar-refractivity contribution in [3.8, 4) is 0 Å². The van der Waals surface area contributed by atoms with Gasteiger partial charge in [-0.05, 0) is 18.2 Å². The summed E-state index contributed by atoms with van der Waals surface area (Å²) in [6.07, 6.45) is 0. The van der Waals surface area contributed by atoms with Crippen LogP contribution in [0.1, 0.15) is 20.7 Å². The zero-order chi connectivity index (χ0) is 17.1. The van der Waals surface area contributed by atoms with Gasteiger partial charge >= 0.3 is 32.5 Å². The summed E-state index contributed by atoms with van der Waals surface area (Å²) in [6.45, 7) is 0. The molecular formula is C10H10O10S2. The van der Waals surface area contributed by atoms with Crippen LogP contribution < -0.4 is 0 Å². The summed E-state index contributed by atoms with van der Waals surface area (Å²) in [4.78, 5) is 22.1. The molecule has 0 radical (unpaired) electrons. The van der Waals surface area contributed by atoms with E-state index in [0.717, 1.165) is 20.3 Å². The number of esters is 2. The summed E-state index contributed by atoms with van der Waals surface area (Å²) in [6, 6.07) is 2.39. The first-order valence-corrected chi connectivity index (χ1v) is 8.03. The number of carbonyl (C=O) groups is 2. The molecule has 1 N–H and O–H groups in total. The van der Waals surface area contributed by atoms with E-state index in [9.17, 15) is 26.4 Å². The molecule has 0 bridgehead atoms. The topological polar surface area (TPSA) is 150 Å². The molecule has 22 heavy (non-hydrogen) atoms. The molecule has 0 amide bonds. The summed E-state index contributed by atoms with van der Waals surface area (Å²) in [5.41, 5.74) is -0.745. The van der Waals surface area contributed by atoms with Crippen LogP contribution in [0.4, 0.5) is 0 Å². The highest BCUT2D eigenvalue weighted by atomic mass is 32.3. The van der Waals surface area contributed by atoms with Gasteiger partial charge in [-0.15, -0.1) is 3.63 Å². The van der Waals surface area contributed by atoms with Crippen LogP contribution in [0.15, 0.2) is 23.1 Å². The second-order valence-electron chi connectivity index (χ2n) is 3.68. The molecule has 0 saturated carbocycles. The van der Waals surface area contributed by atoms with Crippen LogP contribution in [0.5, 0.6) is 0 Å². The fraction of sp³-hybridized carbons (Fsp3) is 0.200. The van der Waals surface area contributed by atoms with Crippen molar-refractivity contribution in [2.75, 3.05) is 14.2 Å². The molecular weight excluding hydrogens is 344 g/mol. The van der Waals surface area contributed by atoms with Crippen LogP contribution in [0.25, 0.3) is 0 Å². The normalized spacial score (nSPS) is 11.8. The molecule has 1 aromatic rings. The molecule has 0 aliphatic rings. The average Bonchev–Trinajstić information content (AvgIpc) is 2.42. The minimum atomic E-state index is -5.33. The Kier molecular flexibility index (Phi) is 5.24. The third-order valence-electron chi connectivity index (χ3n) is 2.21. The zero-order valence-electron chi connectivity index (χ0n) is 11.2. The van der Waals surface area contributed by atoms with E-state index < -0.39 is 37.4 Å². The number of benzene rings is 1. The van der Waals surface area contributed by atoms with Crippen LogP contribution in [0, 0.1) is 0 Å². The van der Waals surface area contributed by atoms with Crippen LogP contribution in [-0.4, -0.2) is 47.5 Å². The molecule has 0 fully saturated rings. The van der Waals surface area contributed by atoms with Crippen molar-refractivity contribution in [1.82, 2.24) is 0 Å². The lowest BCUT2D eigenvalue weighted by Gasteiger charge is -2.07. The Morgan fingerprint density at radius 1 is 0.909 bits per heavy atom. The van der Waals surface area contributed by atoms with Crippen molar-refractivity contribution in [2.24, 2.45) is 0 Å². The molecule has 0 aliphatic carbocycles. The van der Waals surface area contributed by atoms with E-state index in [4.69, 9.17) is 4.55 Å². The van der Waals surface area contributed by atoms with Crippen LogP contribution >= 0.6 is 0 Å². The van der Waals surface area contributed by atoms with Gasteiger partial charge in [-0.2, -0.15) is 16.8 Å². The first-order chi connectivity index (χ1) is 10.00. The van der Waals surface area contributed by atoms with E-state index in [1.807, 2.05) is 0 Å². The number of methoxy groups -OCH3 is 2. The number of rotatable bonds is 5. The van der Waals surface area contributed by atoms with Crippen molar-refractivity contribution in [1.29, 1.82) is 0 Å². The van der Waals surface area contributed by atoms with Crippen molar-refractivity contribution in [2.45, 2.75) is 4.90 Å². The average molecular weight is 354 g/mol. The van der Waals surface area contributed by atoms with Gasteiger partial charge in [0.05, 0.1) is 30.2 Å². The molecule has 0 heterocycles. The van der Waals surface area contributed by atoms with E-state index in [1.165, 1.54) is 0 Å². The highest BCUT2D eigenvalue weighted by molar-refractivity contribution is 7.97. The highest BCUT2D eigenvalue weighted by Gasteiger charge is 2.26. The summed E-state index contributed by atoms with van der Waals surface area (Å²) in [5.74, 6) is -1.98. The molecule has 1 aromatic carbocycles. The zero-order valence-corrected chi connectivity index (χ0v) is 12.8. The Bertz CT molecular complexity index is 772. The molecule has 0 spiro atoms. The maximum atomic E-state index is 11.7. The predicted molar refractivity (Wildman–Crippen MR) is 68.9 cm³/mol. The SMILES string of the molecule is COC(=O)c1cc(C(=O)OC)cc(S(=O)(=O)OS(=O)(=O)O)c1. The summed E-state index contributed by atoms with van der Waals surface area (Å²) in [7, 11) is -8.31. The number of ether oxygens (including phenoxy) is 2. The maximum absolute atomic E-state index is 11.7. The first kappa shape index (κ1) is 18.0. The third kappa shape index (κ3) is 4.49. The number of hydrogen-bond acceptors (Lipinski definition) is 9. The minimum absolute atomic E-state index is 0.372. The minimum Gasteiger partial charge on any atom is -0.465 e. The van der Waals surface area contributed by atoms with E-state index >= 15 is 0 Å².